The largest absolute Gasteiger partial charge is 0.479 e. The molecule has 1 aromatic rings. The summed E-state index contributed by atoms with van der Waals surface area (Å²) in [5, 5.41) is 3.44. The predicted molar refractivity (Wildman–Crippen MR) is 82.5 cm³/mol. The Morgan fingerprint density at radius 1 is 1.50 bits per heavy atom. The SMILES string of the molecule is CC(Oc1ccccc1Cl)C(=O)NC(CN)C1CC1.Cl. The maximum Gasteiger partial charge on any atom is 0.261 e. The molecule has 2 rings (SSSR count). The van der Waals surface area contributed by atoms with E-state index in [0.29, 0.717) is 23.2 Å². The van der Waals surface area contributed by atoms with Gasteiger partial charge in [0, 0.05) is 12.6 Å². The highest BCUT2D eigenvalue weighted by Crippen LogP contribution is 2.32. The average Bonchev–Trinajstić information content (AvgIpc) is 3.22. The van der Waals surface area contributed by atoms with Crippen LogP contribution in [0.15, 0.2) is 24.3 Å². The van der Waals surface area contributed by atoms with Gasteiger partial charge in [-0.05, 0) is 37.8 Å². The highest BCUT2D eigenvalue weighted by Gasteiger charge is 2.32. The quantitative estimate of drug-likeness (QED) is 0.846. The second-order valence-corrected chi connectivity index (χ2v) is 5.29. The Morgan fingerprint density at radius 3 is 2.70 bits per heavy atom. The summed E-state index contributed by atoms with van der Waals surface area (Å²) in [7, 11) is 0. The highest BCUT2D eigenvalue weighted by molar-refractivity contribution is 6.32. The summed E-state index contributed by atoms with van der Waals surface area (Å²) in [5.41, 5.74) is 5.66. The highest BCUT2D eigenvalue weighted by atomic mass is 35.5. The Balaban J connectivity index is 0.00000200. The van der Waals surface area contributed by atoms with Gasteiger partial charge in [0.1, 0.15) is 5.75 Å². The van der Waals surface area contributed by atoms with E-state index in [1.54, 1.807) is 19.1 Å². The molecule has 0 bridgehead atoms. The number of nitrogens with one attached hydrogen (secondary N) is 1. The van der Waals surface area contributed by atoms with E-state index < -0.39 is 6.10 Å². The summed E-state index contributed by atoms with van der Waals surface area (Å²) in [6.07, 6.45) is 1.69. The summed E-state index contributed by atoms with van der Waals surface area (Å²) in [6.45, 7) is 2.17. The number of hydrogen-bond acceptors (Lipinski definition) is 3. The third-order valence-corrected chi connectivity index (χ3v) is 3.59. The van der Waals surface area contributed by atoms with Gasteiger partial charge in [0.05, 0.1) is 5.02 Å². The molecule has 3 N–H and O–H groups in total. The number of carbonyl (C=O) groups is 1. The third kappa shape index (κ3) is 4.54. The fourth-order valence-electron chi connectivity index (χ4n) is 1.95. The van der Waals surface area contributed by atoms with Gasteiger partial charge >= 0.3 is 0 Å². The summed E-state index contributed by atoms with van der Waals surface area (Å²) in [4.78, 5) is 12.0. The molecule has 1 saturated carbocycles. The van der Waals surface area contributed by atoms with E-state index >= 15 is 0 Å². The van der Waals surface area contributed by atoms with Crippen molar-refractivity contribution in [2.24, 2.45) is 11.7 Å². The monoisotopic (exact) mass is 318 g/mol. The van der Waals surface area contributed by atoms with Crippen molar-refractivity contribution in [2.45, 2.75) is 31.9 Å². The van der Waals surface area contributed by atoms with Crippen LogP contribution in [-0.4, -0.2) is 24.6 Å². The molecule has 4 nitrogen and oxygen atoms in total. The van der Waals surface area contributed by atoms with E-state index in [0.717, 1.165) is 12.8 Å². The summed E-state index contributed by atoms with van der Waals surface area (Å²) in [5.74, 6) is 0.895. The number of hydrogen-bond donors (Lipinski definition) is 2. The number of rotatable bonds is 6. The lowest BCUT2D eigenvalue weighted by Gasteiger charge is -2.20. The molecule has 0 radical (unpaired) electrons. The van der Waals surface area contributed by atoms with Crippen LogP contribution >= 0.6 is 24.0 Å². The van der Waals surface area contributed by atoms with Crippen molar-refractivity contribution in [3.8, 4) is 5.75 Å². The Kier molecular flexibility index (Phi) is 6.59. The number of benzene rings is 1. The van der Waals surface area contributed by atoms with Crippen molar-refractivity contribution in [3.63, 3.8) is 0 Å². The molecule has 2 atom stereocenters. The van der Waals surface area contributed by atoms with Crippen LogP contribution in [0.4, 0.5) is 0 Å². The van der Waals surface area contributed by atoms with Crippen LogP contribution in [0.1, 0.15) is 19.8 Å². The molecule has 1 amide bonds. The molecule has 6 heteroatoms. The first-order valence-corrected chi connectivity index (χ1v) is 6.91. The summed E-state index contributed by atoms with van der Waals surface area (Å²) < 4.78 is 5.57. The molecule has 112 valence electrons. The smallest absolute Gasteiger partial charge is 0.261 e. The minimum atomic E-state index is -0.590. The minimum absolute atomic E-state index is 0. The maximum atomic E-state index is 12.0. The van der Waals surface area contributed by atoms with Crippen LogP contribution in [-0.2, 0) is 4.79 Å². The lowest BCUT2D eigenvalue weighted by Crippen LogP contribution is -2.46. The Hall–Kier alpha value is -0.970. The van der Waals surface area contributed by atoms with Crippen molar-refractivity contribution < 1.29 is 9.53 Å². The molecular weight excluding hydrogens is 299 g/mol. The number of para-hydroxylation sites is 1. The van der Waals surface area contributed by atoms with Crippen LogP contribution in [0.25, 0.3) is 0 Å². The number of nitrogens with two attached hydrogens (primary N) is 1. The standard InChI is InChI=1S/C14H19ClN2O2.ClH/c1-9(19-13-5-3-2-4-11(13)15)14(18)17-12(8-16)10-6-7-10;/h2-5,9-10,12H,6-8,16H2,1H3,(H,17,18);1H. The molecule has 1 fully saturated rings. The van der Waals surface area contributed by atoms with Crippen molar-refractivity contribution in [2.75, 3.05) is 6.54 Å². The molecule has 1 aliphatic carbocycles. The zero-order valence-corrected chi connectivity index (χ0v) is 12.9. The van der Waals surface area contributed by atoms with Crippen LogP contribution in [0.3, 0.4) is 0 Å². The third-order valence-electron chi connectivity index (χ3n) is 3.28. The van der Waals surface area contributed by atoms with Gasteiger partial charge in [0.2, 0.25) is 0 Å². The Morgan fingerprint density at radius 2 is 2.15 bits per heavy atom. The second kappa shape index (κ2) is 7.72. The second-order valence-electron chi connectivity index (χ2n) is 4.88. The fourth-order valence-corrected chi connectivity index (χ4v) is 2.13. The van der Waals surface area contributed by atoms with Crippen LogP contribution in [0, 0.1) is 5.92 Å². The number of amides is 1. The lowest BCUT2D eigenvalue weighted by molar-refractivity contribution is -0.128. The molecule has 0 heterocycles. The van der Waals surface area contributed by atoms with E-state index in [-0.39, 0.29) is 24.4 Å². The van der Waals surface area contributed by atoms with E-state index in [4.69, 9.17) is 22.1 Å². The summed E-state index contributed by atoms with van der Waals surface area (Å²) in [6, 6.07) is 7.17. The maximum absolute atomic E-state index is 12.0. The zero-order chi connectivity index (χ0) is 13.8. The topological polar surface area (TPSA) is 64.3 Å². The van der Waals surface area contributed by atoms with Gasteiger partial charge in [-0.15, -0.1) is 12.4 Å². The predicted octanol–water partition coefficient (Wildman–Crippen LogP) is 2.38. The number of ether oxygens (including phenoxy) is 1. The van der Waals surface area contributed by atoms with Gasteiger partial charge < -0.3 is 15.8 Å². The van der Waals surface area contributed by atoms with Crippen LogP contribution in [0.2, 0.25) is 5.02 Å². The molecule has 1 aromatic carbocycles. The number of carbonyl (C=O) groups excluding carboxylic acids is 1. The lowest BCUT2D eigenvalue weighted by atomic mass is 10.2. The molecule has 1 aliphatic rings. The first kappa shape index (κ1) is 17.1. The first-order valence-electron chi connectivity index (χ1n) is 6.53. The zero-order valence-electron chi connectivity index (χ0n) is 11.3. The van der Waals surface area contributed by atoms with Gasteiger partial charge in [0.25, 0.3) is 5.91 Å². The fraction of sp³-hybridized carbons (Fsp3) is 0.500. The average molecular weight is 319 g/mol. The van der Waals surface area contributed by atoms with E-state index in [2.05, 4.69) is 5.32 Å². The van der Waals surface area contributed by atoms with Crippen molar-refractivity contribution in [1.29, 1.82) is 0 Å². The normalized spacial score (nSPS) is 16.8. The molecule has 0 spiro atoms. The number of halogens is 2. The van der Waals surface area contributed by atoms with E-state index in [1.807, 2.05) is 12.1 Å². The van der Waals surface area contributed by atoms with Gasteiger partial charge in [0.15, 0.2) is 6.10 Å². The van der Waals surface area contributed by atoms with Gasteiger partial charge in [-0.25, -0.2) is 0 Å². The van der Waals surface area contributed by atoms with E-state index in [9.17, 15) is 4.79 Å². The molecule has 2 unspecified atom stereocenters. The van der Waals surface area contributed by atoms with E-state index in [1.165, 1.54) is 0 Å². The van der Waals surface area contributed by atoms with Crippen LogP contribution in [0.5, 0.6) is 5.75 Å². The minimum Gasteiger partial charge on any atom is -0.479 e. The molecule has 20 heavy (non-hydrogen) atoms. The van der Waals surface area contributed by atoms with Gasteiger partial charge in [-0.1, -0.05) is 23.7 Å². The summed E-state index contributed by atoms with van der Waals surface area (Å²) >= 11 is 5.99. The molecule has 0 aliphatic heterocycles. The Bertz CT molecular complexity index is 453. The Labute approximate surface area is 130 Å². The van der Waals surface area contributed by atoms with Crippen molar-refractivity contribution in [1.82, 2.24) is 5.32 Å². The van der Waals surface area contributed by atoms with Crippen LogP contribution < -0.4 is 15.8 Å². The van der Waals surface area contributed by atoms with Gasteiger partial charge in [-0.3, -0.25) is 4.79 Å². The molecular formula is C14H20Cl2N2O2. The first-order chi connectivity index (χ1) is 9.11. The van der Waals surface area contributed by atoms with Crippen molar-refractivity contribution in [3.05, 3.63) is 29.3 Å². The van der Waals surface area contributed by atoms with Gasteiger partial charge in [-0.2, -0.15) is 0 Å². The molecule has 0 saturated heterocycles. The van der Waals surface area contributed by atoms with Crippen molar-refractivity contribution >= 4 is 29.9 Å². The molecule has 0 aromatic heterocycles.